The quantitative estimate of drug-likeness (QED) is 0.557. The van der Waals surface area contributed by atoms with Gasteiger partial charge in [-0.2, -0.15) is 0 Å². The highest BCUT2D eigenvalue weighted by Gasteiger charge is 2.42. The molecule has 1 amide bonds. The first-order chi connectivity index (χ1) is 16.5. The fourth-order valence-electron chi connectivity index (χ4n) is 4.71. The molecule has 34 heavy (non-hydrogen) atoms. The Morgan fingerprint density at radius 1 is 1.15 bits per heavy atom. The highest BCUT2D eigenvalue weighted by atomic mass is 35.5. The topological polar surface area (TPSA) is 62.2 Å². The van der Waals surface area contributed by atoms with E-state index in [-0.39, 0.29) is 12.3 Å². The molecular formula is C26H24ClN3O3S. The molecule has 174 valence electrons. The Morgan fingerprint density at radius 3 is 2.65 bits per heavy atom. The molecule has 1 atom stereocenters. The van der Waals surface area contributed by atoms with E-state index in [2.05, 4.69) is 17.1 Å². The number of halogens is 1. The van der Waals surface area contributed by atoms with Crippen LogP contribution in [0.15, 0.2) is 75.9 Å². The molecule has 0 saturated carbocycles. The van der Waals surface area contributed by atoms with Crippen molar-refractivity contribution in [1.82, 2.24) is 9.80 Å². The van der Waals surface area contributed by atoms with E-state index in [1.807, 2.05) is 45.5 Å². The lowest BCUT2D eigenvalue weighted by Crippen LogP contribution is -2.40. The van der Waals surface area contributed by atoms with E-state index in [1.165, 1.54) is 30.0 Å². The fourth-order valence-corrected chi connectivity index (χ4v) is 5.91. The molecule has 6 nitrogen and oxygen atoms in total. The average molecular weight is 494 g/mol. The number of carbonyl (C=O) groups excluding carboxylic acids is 2. The molecule has 0 spiro atoms. The Kier molecular flexibility index (Phi) is 6.23. The summed E-state index contributed by atoms with van der Waals surface area (Å²) in [5.74, 6) is -0.410. The van der Waals surface area contributed by atoms with Crippen LogP contribution in [0.2, 0.25) is 5.02 Å². The normalized spacial score (nSPS) is 19.3. The lowest BCUT2D eigenvalue weighted by Gasteiger charge is -2.37. The first-order valence-corrected chi connectivity index (χ1v) is 12.4. The van der Waals surface area contributed by atoms with Crippen LogP contribution in [0.1, 0.15) is 36.1 Å². The summed E-state index contributed by atoms with van der Waals surface area (Å²) in [6.07, 6.45) is 1.06. The molecule has 0 unspecified atom stereocenters. The van der Waals surface area contributed by atoms with Gasteiger partial charge in [0, 0.05) is 23.8 Å². The van der Waals surface area contributed by atoms with Gasteiger partial charge in [0.2, 0.25) is 5.91 Å². The van der Waals surface area contributed by atoms with Crippen molar-refractivity contribution in [1.29, 1.82) is 0 Å². The number of ether oxygens (including phenoxy) is 1. The molecule has 0 saturated heterocycles. The van der Waals surface area contributed by atoms with Crippen LogP contribution >= 0.6 is 23.4 Å². The van der Waals surface area contributed by atoms with E-state index < -0.39 is 12.0 Å². The minimum Gasteiger partial charge on any atom is -0.466 e. The number of hydrogen-bond acceptors (Lipinski definition) is 6. The molecule has 3 aliphatic heterocycles. The molecule has 0 aromatic heterocycles. The predicted octanol–water partition coefficient (Wildman–Crippen LogP) is 5.06. The summed E-state index contributed by atoms with van der Waals surface area (Å²) in [6.45, 7) is 3.10. The Hall–Kier alpha value is -3.03. The summed E-state index contributed by atoms with van der Waals surface area (Å²) >= 11 is 8.04. The average Bonchev–Trinajstić information content (AvgIpc) is 3.24. The monoisotopic (exact) mass is 493 g/mol. The fraction of sp³-hybridized carbons (Fsp3) is 0.269. The molecule has 0 fully saturated rings. The van der Waals surface area contributed by atoms with Gasteiger partial charge in [-0.3, -0.25) is 4.79 Å². The summed E-state index contributed by atoms with van der Waals surface area (Å²) in [4.78, 5) is 34.7. The van der Waals surface area contributed by atoms with Crippen molar-refractivity contribution in [2.75, 3.05) is 13.7 Å². The maximum atomic E-state index is 13.4. The number of benzene rings is 2. The highest BCUT2D eigenvalue weighted by Crippen LogP contribution is 2.46. The van der Waals surface area contributed by atoms with E-state index >= 15 is 0 Å². The van der Waals surface area contributed by atoms with Crippen molar-refractivity contribution < 1.29 is 14.3 Å². The Labute approximate surface area is 207 Å². The zero-order chi connectivity index (χ0) is 23.8. The summed E-state index contributed by atoms with van der Waals surface area (Å²) in [6, 6.07) is 15.2. The van der Waals surface area contributed by atoms with E-state index in [0.29, 0.717) is 29.4 Å². The van der Waals surface area contributed by atoms with Gasteiger partial charge in [-0.05, 0) is 41.5 Å². The number of amides is 1. The number of rotatable bonds is 4. The number of esters is 1. The molecule has 3 aliphatic rings. The van der Waals surface area contributed by atoms with Gasteiger partial charge in [-0.25, -0.2) is 9.79 Å². The van der Waals surface area contributed by atoms with Crippen molar-refractivity contribution in [3.05, 3.63) is 92.6 Å². The smallest absolute Gasteiger partial charge is 0.338 e. The van der Waals surface area contributed by atoms with Crippen molar-refractivity contribution >= 4 is 40.4 Å². The van der Waals surface area contributed by atoms with E-state index in [0.717, 1.165) is 22.8 Å². The lowest BCUT2D eigenvalue weighted by molar-refractivity contribution is -0.136. The van der Waals surface area contributed by atoms with Crippen LogP contribution in [0, 0.1) is 0 Å². The zero-order valence-corrected chi connectivity index (χ0v) is 20.5. The van der Waals surface area contributed by atoms with E-state index in [9.17, 15) is 9.59 Å². The Bertz CT molecular complexity index is 1270. The molecule has 8 heteroatoms. The summed E-state index contributed by atoms with van der Waals surface area (Å²) in [5, 5.41) is 3.21. The first kappa shape index (κ1) is 22.7. The zero-order valence-electron chi connectivity index (χ0n) is 19.0. The minimum absolute atomic E-state index is 0.0476. The van der Waals surface area contributed by atoms with Crippen molar-refractivity contribution in [3.8, 4) is 0 Å². The third-order valence-corrected chi connectivity index (χ3v) is 7.65. The van der Waals surface area contributed by atoms with Gasteiger partial charge in [0.1, 0.15) is 0 Å². The van der Waals surface area contributed by atoms with Crippen LogP contribution in [-0.2, 0) is 27.3 Å². The largest absolute Gasteiger partial charge is 0.466 e. The highest BCUT2D eigenvalue weighted by molar-refractivity contribution is 8.16. The van der Waals surface area contributed by atoms with Crippen LogP contribution in [0.5, 0.6) is 0 Å². The summed E-state index contributed by atoms with van der Waals surface area (Å²) < 4.78 is 5.11. The van der Waals surface area contributed by atoms with Gasteiger partial charge in [0.25, 0.3) is 0 Å². The second-order valence-corrected chi connectivity index (χ2v) is 9.66. The van der Waals surface area contributed by atoms with Gasteiger partial charge in [-0.1, -0.05) is 65.8 Å². The number of allylic oxidation sites excluding steroid dienone is 1. The molecular weight excluding hydrogens is 470 g/mol. The second-order valence-electron chi connectivity index (χ2n) is 8.42. The summed E-state index contributed by atoms with van der Waals surface area (Å²) in [5.41, 5.74) is 5.07. The SMILES string of the molecule is COC(=O)C1=C(C)N=C2SC=C(CC(=O)N3CCc4ccccc4C3)N2[C@H]1c1ccccc1Cl. The Morgan fingerprint density at radius 2 is 1.88 bits per heavy atom. The standard InChI is InChI=1S/C26H24ClN3O3S/c1-16-23(25(32)33-2)24(20-9-5-6-10-21(20)27)30-19(15-34-26(30)28-16)13-22(31)29-12-11-17-7-3-4-8-18(17)14-29/h3-10,15,24H,11-14H2,1-2H3/t24-/m0/s1. The van der Waals surface area contributed by atoms with Crippen molar-refractivity contribution in [3.63, 3.8) is 0 Å². The third-order valence-electron chi connectivity index (χ3n) is 6.42. The number of methoxy groups -OCH3 is 1. The van der Waals surface area contributed by atoms with Gasteiger partial charge in [-0.15, -0.1) is 0 Å². The molecule has 0 bridgehead atoms. The van der Waals surface area contributed by atoms with E-state index in [1.54, 1.807) is 13.0 Å². The molecule has 3 heterocycles. The van der Waals surface area contributed by atoms with Gasteiger partial charge in [0.05, 0.1) is 30.8 Å². The van der Waals surface area contributed by atoms with Crippen LogP contribution < -0.4 is 0 Å². The molecule has 0 aliphatic carbocycles. The maximum Gasteiger partial charge on any atom is 0.338 e. The second kappa shape index (κ2) is 9.31. The third kappa shape index (κ3) is 4.03. The number of hydrogen-bond donors (Lipinski definition) is 0. The van der Waals surface area contributed by atoms with Gasteiger partial charge >= 0.3 is 5.97 Å². The van der Waals surface area contributed by atoms with Crippen LogP contribution in [0.3, 0.4) is 0 Å². The number of amidine groups is 1. The number of nitrogens with zero attached hydrogens (tertiary/aromatic N) is 3. The molecule has 2 aromatic carbocycles. The number of fused-ring (bicyclic) bond motifs is 2. The number of thioether (sulfide) groups is 1. The number of carbonyl (C=O) groups is 2. The summed E-state index contributed by atoms with van der Waals surface area (Å²) in [7, 11) is 1.36. The van der Waals surface area contributed by atoms with Crippen LogP contribution in [-0.4, -0.2) is 40.5 Å². The van der Waals surface area contributed by atoms with Crippen molar-refractivity contribution in [2.45, 2.75) is 32.4 Å². The van der Waals surface area contributed by atoms with Crippen molar-refractivity contribution in [2.24, 2.45) is 4.99 Å². The predicted molar refractivity (Wildman–Crippen MR) is 134 cm³/mol. The molecule has 2 aromatic rings. The lowest BCUT2D eigenvalue weighted by atomic mass is 9.93. The minimum atomic E-state index is -0.523. The van der Waals surface area contributed by atoms with Gasteiger partial charge in [0.15, 0.2) is 5.17 Å². The number of aliphatic imine (C=N–C) groups is 1. The molecule has 5 rings (SSSR count). The van der Waals surface area contributed by atoms with E-state index in [4.69, 9.17) is 16.3 Å². The Balaban J connectivity index is 1.46. The molecule has 0 N–H and O–H groups in total. The van der Waals surface area contributed by atoms with Crippen LogP contribution in [0.4, 0.5) is 0 Å². The maximum absolute atomic E-state index is 13.4. The van der Waals surface area contributed by atoms with Crippen LogP contribution in [0.25, 0.3) is 0 Å². The molecule has 0 radical (unpaired) electrons. The van der Waals surface area contributed by atoms with Gasteiger partial charge < -0.3 is 14.5 Å². The first-order valence-electron chi connectivity index (χ1n) is 11.1.